The quantitative estimate of drug-likeness (QED) is 0.788. The highest BCUT2D eigenvalue weighted by Gasteiger charge is 2.24. The molecular formula is C17H17N5O. The Morgan fingerprint density at radius 3 is 2.57 bits per heavy atom. The highest BCUT2D eigenvalue weighted by molar-refractivity contribution is 5.97. The molecule has 1 aliphatic rings. The van der Waals surface area contributed by atoms with Crippen molar-refractivity contribution in [3.63, 3.8) is 0 Å². The highest BCUT2D eigenvalue weighted by Crippen LogP contribution is 2.28. The number of piperidine rings is 1. The molecule has 3 heterocycles. The maximum atomic E-state index is 12.7. The van der Waals surface area contributed by atoms with Crippen molar-refractivity contribution in [3.8, 4) is 0 Å². The van der Waals surface area contributed by atoms with Gasteiger partial charge in [0, 0.05) is 31.0 Å². The standard InChI is InChI=1S/C17H17N5O/c23-17(14-1-2-15-16(11-14)20-21-19-15)22-9-5-13(6-10-22)12-3-7-18-8-4-12/h1-4,7-8,11,13H,5-6,9-10H2,(H,19,20,21). The minimum Gasteiger partial charge on any atom is -0.339 e. The predicted molar refractivity (Wildman–Crippen MR) is 86.0 cm³/mol. The van der Waals surface area contributed by atoms with Gasteiger partial charge >= 0.3 is 0 Å². The van der Waals surface area contributed by atoms with Gasteiger partial charge in [0.15, 0.2) is 0 Å². The molecule has 0 aliphatic carbocycles. The summed E-state index contributed by atoms with van der Waals surface area (Å²) in [6, 6.07) is 9.59. The number of fused-ring (bicyclic) bond motifs is 1. The Morgan fingerprint density at radius 2 is 1.78 bits per heavy atom. The Bertz CT molecular complexity index is 821. The van der Waals surface area contributed by atoms with Crippen LogP contribution in [0, 0.1) is 0 Å². The fraction of sp³-hybridized carbons (Fsp3) is 0.294. The molecule has 1 N–H and O–H groups in total. The summed E-state index contributed by atoms with van der Waals surface area (Å²) in [5.41, 5.74) is 3.49. The first-order valence-corrected chi connectivity index (χ1v) is 7.81. The van der Waals surface area contributed by atoms with E-state index >= 15 is 0 Å². The van der Waals surface area contributed by atoms with E-state index in [1.807, 2.05) is 29.4 Å². The summed E-state index contributed by atoms with van der Waals surface area (Å²) in [6.07, 6.45) is 5.64. The first kappa shape index (κ1) is 13.9. The molecule has 0 radical (unpaired) electrons. The van der Waals surface area contributed by atoms with Crippen LogP contribution in [-0.4, -0.2) is 44.3 Å². The summed E-state index contributed by atoms with van der Waals surface area (Å²) in [5.74, 6) is 0.586. The molecule has 0 bridgehead atoms. The molecule has 1 saturated heterocycles. The van der Waals surface area contributed by atoms with Gasteiger partial charge in [0.25, 0.3) is 5.91 Å². The molecule has 1 aromatic carbocycles. The molecule has 0 spiro atoms. The van der Waals surface area contributed by atoms with Crippen LogP contribution >= 0.6 is 0 Å². The van der Waals surface area contributed by atoms with E-state index in [9.17, 15) is 4.79 Å². The number of nitrogens with zero attached hydrogens (tertiary/aromatic N) is 4. The van der Waals surface area contributed by atoms with E-state index < -0.39 is 0 Å². The lowest BCUT2D eigenvalue weighted by Gasteiger charge is -2.32. The van der Waals surface area contributed by atoms with Crippen LogP contribution in [-0.2, 0) is 0 Å². The zero-order valence-electron chi connectivity index (χ0n) is 12.6. The van der Waals surface area contributed by atoms with Crippen LogP contribution in [0.3, 0.4) is 0 Å². The lowest BCUT2D eigenvalue weighted by Crippen LogP contribution is -2.37. The second-order valence-electron chi connectivity index (χ2n) is 5.87. The smallest absolute Gasteiger partial charge is 0.253 e. The van der Waals surface area contributed by atoms with Gasteiger partial charge in [-0.15, -0.1) is 0 Å². The van der Waals surface area contributed by atoms with Crippen LogP contribution in [0.25, 0.3) is 11.0 Å². The van der Waals surface area contributed by atoms with Gasteiger partial charge in [-0.25, -0.2) is 0 Å². The van der Waals surface area contributed by atoms with E-state index in [4.69, 9.17) is 0 Å². The Hall–Kier alpha value is -2.76. The topological polar surface area (TPSA) is 74.8 Å². The third kappa shape index (κ3) is 2.67. The SMILES string of the molecule is O=C(c1ccc2n[nH]nc2c1)N1CCC(c2ccncc2)CC1. The average Bonchev–Trinajstić information content (AvgIpc) is 3.10. The van der Waals surface area contributed by atoms with Crippen LogP contribution in [0.15, 0.2) is 42.7 Å². The highest BCUT2D eigenvalue weighted by atomic mass is 16.2. The minimum absolute atomic E-state index is 0.0723. The van der Waals surface area contributed by atoms with Crippen molar-refractivity contribution < 1.29 is 4.79 Å². The summed E-state index contributed by atoms with van der Waals surface area (Å²) in [6.45, 7) is 1.56. The Morgan fingerprint density at radius 1 is 1.04 bits per heavy atom. The van der Waals surface area contributed by atoms with Gasteiger partial charge in [-0.3, -0.25) is 9.78 Å². The van der Waals surface area contributed by atoms with Gasteiger partial charge in [0.2, 0.25) is 0 Å². The van der Waals surface area contributed by atoms with E-state index in [1.165, 1.54) is 5.56 Å². The third-order valence-corrected chi connectivity index (χ3v) is 4.52. The van der Waals surface area contributed by atoms with Crippen LogP contribution in [0.4, 0.5) is 0 Å². The predicted octanol–water partition coefficient (Wildman–Crippen LogP) is 2.37. The molecule has 3 aromatic rings. The number of amides is 1. The molecule has 1 amide bonds. The maximum absolute atomic E-state index is 12.7. The Labute approximate surface area is 133 Å². The number of hydrogen-bond donors (Lipinski definition) is 1. The zero-order valence-corrected chi connectivity index (χ0v) is 12.6. The van der Waals surface area contributed by atoms with Crippen molar-refractivity contribution in [2.24, 2.45) is 0 Å². The van der Waals surface area contributed by atoms with Crippen molar-refractivity contribution in [2.45, 2.75) is 18.8 Å². The normalized spacial score (nSPS) is 15.9. The maximum Gasteiger partial charge on any atom is 0.253 e. The average molecular weight is 307 g/mol. The number of nitrogens with one attached hydrogen (secondary N) is 1. The molecule has 1 fully saturated rings. The van der Waals surface area contributed by atoms with Crippen LogP contribution in [0.1, 0.15) is 34.7 Å². The first-order valence-electron chi connectivity index (χ1n) is 7.81. The molecule has 0 unspecified atom stereocenters. The second kappa shape index (κ2) is 5.79. The molecule has 6 heteroatoms. The van der Waals surface area contributed by atoms with E-state index in [0.717, 1.165) is 37.0 Å². The summed E-state index contributed by atoms with van der Waals surface area (Å²) < 4.78 is 0. The number of carbonyl (C=O) groups is 1. The summed E-state index contributed by atoms with van der Waals surface area (Å²) in [4.78, 5) is 18.7. The number of pyridine rings is 1. The number of aromatic amines is 1. The molecule has 23 heavy (non-hydrogen) atoms. The lowest BCUT2D eigenvalue weighted by molar-refractivity contribution is 0.0713. The van der Waals surface area contributed by atoms with Crippen molar-refractivity contribution in [2.75, 3.05) is 13.1 Å². The van der Waals surface area contributed by atoms with Crippen LogP contribution in [0.2, 0.25) is 0 Å². The van der Waals surface area contributed by atoms with Gasteiger partial charge in [0.1, 0.15) is 11.0 Å². The third-order valence-electron chi connectivity index (χ3n) is 4.52. The van der Waals surface area contributed by atoms with Gasteiger partial charge in [-0.2, -0.15) is 15.4 Å². The van der Waals surface area contributed by atoms with Gasteiger partial charge in [-0.1, -0.05) is 0 Å². The minimum atomic E-state index is 0.0723. The number of hydrogen-bond acceptors (Lipinski definition) is 4. The zero-order chi connectivity index (χ0) is 15.6. The van der Waals surface area contributed by atoms with Crippen molar-refractivity contribution in [1.29, 1.82) is 0 Å². The number of carbonyl (C=O) groups excluding carboxylic acids is 1. The number of likely N-dealkylation sites (tertiary alicyclic amines) is 1. The van der Waals surface area contributed by atoms with Crippen molar-refractivity contribution in [3.05, 3.63) is 53.9 Å². The van der Waals surface area contributed by atoms with Gasteiger partial charge in [0.05, 0.1) is 0 Å². The number of H-pyrrole nitrogens is 1. The van der Waals surface area contributed by atoms with Crippen LogP contribution < -0.4 is 0 Å². The van der Waals surface area contributed by atoms with Crippen molar-refractivity contribution >= 4 is 16.9 Å². The van der Waals surface area contributed by atoms with Gasteiger partial charge in [-0.05, 0) is 54.7 Å². The molecule has 4 rings (SSSR count). The van der Waals surface area contributed by atoms with Crippen molar-refractivity contribution in [1.82, 2.24) is 25.3 Å². The number of rotatable bonds is 2. The summed E-state index contributed by atoms with van der Waals surface area (Å²) in [5, 5.41) is 10.6. The van der Waals surface area contributed by atoms with Gasteiger partial charge < -0.3 is 4.90 Å². The second-order valence-corrected chi connectivity index (χ2v) is 5.87. The number of aromatic nitrogens is 4. The van der Waals surface area contributed by atoms with E-state index in [-0.39, 0.29) is 5.91 Å². The Balaban J connectivity index is 1.46. The number of benzene rings is 1. The molecule has 1 aliphatic heterocycles. The van der Waals surface area contributed by atoms with E-state index in [0.29, 0.717) is 11.5 Å². The van der Waals surface area contributed by atoms with E-state index in [1.54, 1.807) is 6.07 Å². The molecule has 0 saturated carbocycles. The molecule has 2 aromatic heterocycles. The fourth-order valence-electron chi connectivity index (χ4n) is 3.21. The van der Waals surface area contributed by atoms with E-state index in [2.05, 4.69) is 32.5 Å². The molecule has 0 atom stereocenters. The summed E-state index contributed by atoms with van der Waals surface area (Å²) in [7, 11) is 0. The Kier molecular flexibility index (Phi) is 3.49. The largest absolute Gasteiger partial charge is 0.339 e. The molecule has 116 valence electrons. The summed E-state index contributed by atoms with van der Waals surface area (Å²) >= 11 is 0. The van der Waals surface area contributed by atoms with Crippen LogP contribution in [0.5, 0.6) is 0 Å². The molecule has 6 nitrogen and oxygen atoms in total. The monoisotopic (exact) mass is 307 g/mol. The lowest BCUT2D eigenvalue weighted by atomic mass is 9.90. The fourth-order valence-corrected chi connectivity index (χ4v) is 3.21. The molecular weight excluding hydrogens is 290 g/mol. The first-order chi connectivity index (χ1) is 11.3.